The van der Waals surface area contributed by atoms with Crippen molar-refractivity contribution in [1.29, 1.82) is 0 Å². The van der Waals surface area contributed by atoms with Crippen LogP contribution in [-0.4, -0.2) is 41.8 Å². The molecule has 0 radical (unpaired) electrons. The number of aromatic nitrogens is 6. The number of halogens is 1. The number of nitrogens with zero attached hydrogens (tertiary/aromatic N) is 7. The fraction of sp³-hybridized carbons (Fsp3) is 0.192. The molecule has 2 N–H and O–H groups in total. The van der Waals surface area contributed by atoms with Crippen molar-refractivity contribution in [2.24, 2.45) is 0 Å². The molecular formula is C26H23FN8O. The van der Waals surface area contributed by atoms with Gasteiger partial charge in [0.05, 0.1) is 34.9 Å². The number of rotatable bonds is 4. The molecule has 1 aliphatic rings. The van der Waals surface area contributed by atoms with E-state index in [1.807, 2.05) is 32.2 Å². The number of nitrogens with two attached hydrogens (primary N) is 1. The minimum Gasteiger partial charge on any atom is -0.382 e. The Morgan fingerprint density at radius 2 is 1.89 bits per heavy atom. The Kier molecular flexibility index (Phi) is 5.03. The number of amides is 1. The van der Waals surface area contributed by atoms with Crippen LogP contribution in [0.15, 0.2) is 61.3 Å². The lowest BCUT2D eigenvalue weighted by molar-refractivity contribution is 0.0980. The van der Waals surface area contributed by atoms with Gasteiger partial charge < -0.3 is 10.6 Å². The van der Waals surface area contributed by atoms with E-state index in [0.29, 0.717) is 30.0 Å². The van der Waals surface area contributed by atoms with Crippen LogP contribution in [-0.2, 0) is 6.42 Å². The average molecular weight is 483 g/mol. The molecule has 0 bridgehead atoms. The van der Waals surface area contributed by atoms with Crippen molar-refractivity contribution < 1.29 is 9.18 Å². The molecule has 1 aromatic carbocycles. The van der Waals surface area contributed by atoms with Gasteiger partial charge in [0.1, 0.15) is 17.7 Å². The number of fused-ring (bicyclic) bond motifs is 2. The molecule has 180 valence electrons. The number of carbonyl (C=O) groups is 1. The second kappa shape index (κ2) is 8.26. The third-order valence-electron chi connectivity index (χ3n) is 6.74. The van der Waals surface area contributed by atoms with Gasteiger partial charge in [-0.2, -0.15) is 10.2 Å². The number of hydrogen-bond donors (Lipinski definition) is 1. The predicted octanol–water partition coefficient (Wildman–Crippen LogP) is 3.83. The van der Waals surface area contributed by atoms with Gasteiger partial charge >= 0.3 is 0 Å². The summed E-state index contributed by atoms with van der Waals surface area (Å²) >= 11 is 0. The van der Waals surface area contributed by atoms with Gasteiger partial charge in [0.2, 0.25) is 0 Å². The number of aryl methyl sites for hydroxylation is 1. The highest BCUT2D eigenvalue weighted by Crippen LogP contribution is 2.31. The van der Waals surface area contributed by atoms with Crippen molar-refractivity contribution in [1.82, 2.24) is 29.4 Å². The lowest BCUT2D eigenvalue weighted by Gasteiger charge is -2.27. The first-order chi connectivity index (χ1) is 17.4. The predicted molar refractivity (Wildman–Crippen MR) is 133 cm³/mol. The van der Waals surface area contributed by atoms with Gasteiger partial charge in [-0.15, -0.1) is 0 Å². The maximum atomic E-state index is 13.6. The van der Waals surface area contributed by atoms with Crippen molar-refractivity contribution in [2.75, 3.05) is 17.2 Å². The summed E-state index contributed by atoms with van der Waals surface area (Å²) in [5.41, 5.74) is 12.2. The Morgan fingerprint density at radius 1 is 1.08 bits per heavy atom. The molecule has 1 unspecified atom stereocenters. The largest absolute Gasteiger partial charge is 0.382 e. The number of anilines is 2. The van der Waals surface area contributed by atoms with Crippen LogP contribution in [0.1, 0.15) is 40.1 Å². The van der Waals surface area contributed by atoms with E-state index in [-0.39, 0.29) is 17.8 Å². The van der Waals surface area contributed by atoms with Crippen molar-refractivity contribution in [2.45, 2.75) is 26.3 Å². The molecule has 0 aliphatic carbocycles. The standard InChI is InChI=1S/C26H23FN8O/c1-15-9-23(35-24(15)25(28)30-14-32-35)18-10-21-22(29-11-18)7-8-33(26(21)36)20-12-31-34(13-20)16(2)17-3-5-19(27)6-4-17/h3-6,9-14,16H,7-8H2,1-2H3,(H2,28,30,32). The van der Waals surface area contributed by atoms with E-state index in [1.165, 1.54) is 18.5 Å². The minimum absolute atomic E-state index is 0.111. The summed E-state index contributed by atoms with van der Waals surface area (Å²) in [6, 6.07) is 10.1. The first-order valence-corrected chi connectivity index (χ1v) is 11.6. The molecule has 36 heavy (non-hydrogen) atoms. The van der Waals surface area contributed by atoms with Crippen LogP contribution in [0.2, 0.25) is 0 Å². The first kappa shape index (κ1) is 21.9. The zero-order chi connectivity index (χ0) is 25.0. The third kappa shape index (κ3) is 3.49. The maximum Gasteiger partial charge on any atom is 0.260 e. The van der Waals surface area contributed by atoms with Gasteiger partial charge in [-0.3, -0.25) is 14.5 Å². The second-order valence-electron chi connectivity index (χ2n) is 8.95. The molecule has 0 fully saturated rings. The lowest BCUT2D eigenvalue weighted by Crippen LogP contribution is -2.38. The SMILES string of the molecule is Cc1cc(-c2cnc3c(c2)C(=O)N(c2cnn(C(C)c4ccc(F)cc4)c2)CC3)n2ncnc(N)c12. The zero-order valence-electron chi connectivity index (χ0n) is 19.8. The smallest absolute Gasteiger partial charge is 0.260 e. The van der Waals surface area contributed by atoms with Crippen molar-refractivity contribution >= 4 is 22.9 Å². The fourth-order valence-corrected chi connectivity index (χ4v) is 4.76. The Balaban J connectivity index is 1.32. The first-order valence-electron chi connectivity index (χ1n) is 11.6. The quantitative estimate of drug-likeness (QED) is 0.417. The summed E-state index contributed by atoms with van der Waals surface area (Å²) < 4.78 is 16.8. The molecule has 4 aromatic heterocycles. The average Bonchev–Trinajstić information content (AvgIpc) is 3.50. The molecule has 9 nitrogen and oxygen atoms in total. The summed E-state index contributed by atoms with van der Waals surface area (Å²) in [6.07, 6.45) is 7.34. The summed E-state index contributed by atoms with van der Waals surface area (Å²) in [5, 5.41) is 8.83. The van der Waals surface area contributed by atoms with Crippen LogP contribution in [0.3, 0.4) is 0 Å². The molecule has 0 saturated carbocycles. The number of carbonyl (C=O) groups excluding carboxylic acids is 1. The van der Waals surface area contributed by atoms with Crippen LogP contribution >= 0.6 is 0 Å². The number of pyridine rings is 1. The fourth-order valence-electron chi connectivity index (χ4n) is 4.76. The normalized spacial score (nSPS) is 14.3. The molecule has 5 aromatic rings. The van der Waals surface area contributed by atoms with Crippen LogP contribution in [0, 0.1) is 12.7 Å². The molecule has 6 rings (SSSR count). The Morgan fingerprint density at radius 3 is 2.69 bits per heavy atom. The van der Waals surface area contributed by atoms with Crippen molar-refractivity contribution in [3.05, 3.63) is 89.5 Å². The Hall–Kier alpha value is -4.60. The van der Waals surface area contributed by atoms with Crippen molar-refractivity contribution in [3.63, 3.8) is 0 Å². The summed E-state index contributed by atoms with van der Waals surface area (Å²) in [5.74, 6) is -0.0167. The summed E-state index contributed by atoms with van der Waals surface area (Å²) in [7, 11) is 0. The van der Waals surface area contributed by atoms with Crippen LogP contribution in [0.25, 0.3) is 16.8 Å². The molecule has 10 heteroatoms. The van der Waals surface area contributed by atoms with Crippen LogP contribution < -0.4 is 10.6 Å². The van der Waals surface area contributed by atoms with E-state index in [0.717, 1.165) is 33.6 Å². The minimum atomic E-state index is -0.281. The molecule has 1 aliphatic heterocycles. The maximum absolute atomic E-state index is 13.6. The summed E-state index contributed by atoms with van der Waals surface area (Å²) in [6.45, 7) is 4.43. The van der Waals surface area contributed by atoms with Gasteiger partial charge in [-0.1, -0.05) is 12.1 Å². The van der Waals surface area contributed by atoms with E-state index in [4.69, 9.17) is 5.73 Å². The van der Waals surface area contributed by atoms with Gasteiger partial charge in [0.25, 0.3) is 5.91 Å². The molecule has 0 saturated heterocycles. The van der Waals surface area contributed by atoms with E-state index in [9.17, 15) is 9.18 Å². The lowest BCUT2D eigenvalue weighted by atomic mass is 10.0. The van der Waals surface area contributed by atoms with E-state index in [2.05, 4.69) is 20.2 Å². The molecular weight excluding hydrogens is 459 g/mol. The molecule has 1 amide bonds. The number of nitrogen functional groups attached to an aromatic ring is 1. The number of benzene rings is 1. The highest BCUT2D eigenvalue weighted by molar-refractivity contribution is 6.08. The highest BCUT2D eigenvalue weighted by Gasteiger charge is 2.28. The highest BCUT2D eigenvalue weighted by atomic mass is 19.1. The van der Waals surface area contributed by atoms with E-state index >= 15 is 0 Å². The van der Waals surface area contributed by atoms with Gasteiger partial charge in [0, 0.05) is 30.9 Å². The van der Waals surface area contributed by atoms with Gasteiger partial charge in [0.15, 0.2) is 5.82 Å². The molecule has 5 heterocycles. The second-order valence-corrected chi connectivity index (χ2v) is 8.95. The van der Waals surface area contributed by atoms with E-state index < -0.39 is 0 Å². The monoisotopic (exact) mass is 482 g/mol. The van der Waals surface area contributed by atoms with Crippen LogP contribution in [0.5, 0.6) is 0 Å². The van der Waals surface area contributed by atoms with Crippen LogP contribution in [0.4, 0.5) is 15.9 Å². The molecule has 0 spiro atoms. The third-order valence-corrected chi connectivity index (χ3v) is 6.74. The topological polar surface area (TPSA) is 107 Å². The van der Waals surface area contributed by atoms with Gasteiger partial charge in [-0.05, 0) is 49.2 Å². The number of hydrogen-bond acceptors (Lipinski definition) is 6. The summed E-state index contributed by atoms with van der Waals surface area (Å²) in [4.78, 5) is 24.0. The van der Waals surface area contributed by atoms with E-state index in [1.54, 1.807) is 38.6 Å². The van der Waals surface area contributed by atoms with Crippen molar-refractivity contribution in [3.8, 4) is 11.3 Å². The Bertz CT molecular complexity index is 1620. The van der Waals surface area contributed by atoms with Gasteiger partial charge in [-0.25, -0.2) is 13.9 Å². The zero-order valence-corrected chi connectivity index (χ0v) is 19.8. The Labute approximate surface area is 206 Å². The molecule has 1 atom stereocenters.